The Morgan fingerprint density at radius 2 is 1.75 bits per heavy atom. The highest BCUT2D eigenvalue weighted by atomic mass is 15.0. The molecule has 0 atom stereocenters. The van der Waals surface area contributed by atoms with Crippen LogP contribution in [0, 0.1) is 0 Å². The SMILES string of the molecule is CCc1ccc(NCc2ncccn2)cc1. The van der Waals surface area contributed by atoms with Crippen LogP contribution in [-0.2, 0) is 13.0 Å². The summed E-state index contributed by atoms with van der Waals surface area (Å²) in [7, 11) is 0. The lowest BCUT2D eigenvalue weighted by Crippen LogP contribution is -2.03. The van der Waals surface area contributed by atoms with E-state index in [0.29, 0.717) is 6.54 Å². The first-order valence-electron chi connectivity index (χ1n) is 5.47. The molecule has 0 unspecified atom stereocenters. The fourth-order valence-electron chi connectivity index (χ4n) is 1.46. The van der Waals surface area contributed by atoms with Crippen LogP contribution in [0.5, 0.6) is 0 Å². The Balaban J connectivity index is 1.94. The standard InChI is InChI=1S/C13H15N3/c1-2-11-4-6-12(7-5-11)16-10-13-14-8-3-9-15-13/h3-9,16H,2,10H2,1H3. The minimum atomic E-state index is 0.659. The van der Waals surface area contributed by atoms with Crippen LogP contribution >= 0.6 is 0 Å². The number of nitrogens with zero attached hydrogens (tertiary/aromatic N) is 2. The van der Waals surface area contributed by atoms with Gasteiger partial charge in [0.2, 0.25) is 0 Å². The van der Waals surface area contributed by atoms with Gasteiger partial charge in [0, 0.05) is 18.1 Å². The second-order valence-electron chi connectivity index (χ2n) is 3.57. The Morgan fingerprint density at radius 3 is 2.38 bits per heavy atom. The molecule has 1 N–H and O–H groups in total. The largest absolute Gasteiger partial charge is 0.378 e. The van der Waals surface area contributed by atoms with Crippen LogP contribution in [0.3, 0.4) is 0 Å². The van der Waals surface area contributed by atoms with Crippen molar-refractivity contribution >= 4 is 5.69 Å². The molecule has 0 saturated carbocycles. The van der Waals surface area contributed by atoms with Gasteiger partial charge in [0.25, 0.3) is 0 Å². The Hall–Kier alpha value is -1.90. The van der Waals surface area contributed by atoms with Crippen molar-refractivity contribution < 1.29 is 0 Å². The Morgan fingerprint density at radius 1 is 1.06 bits per heavy atom. The minimum absolute atomic E-state index is 0.659. The highest BCUT2D eigenvalue weighted by Crippen LogP contribution is 2.10. The zero-order valence-electron chi connectivity index (χ0n) is 9.35. The number of aryl methyl sites for hydroxylation is 1. The highest BCUT2D eigenvalue weighted by Gasteiger charge is 1.95. The van der Waals surface area contributed by atoms with Crippen molar-refractivity contribution in [1.82, 2.24) is 9.97 Å². The van der Waals surface area contributed by atoms with E-state index < -0.39 is 0 Å². The molecule has 0 aliphatic carbocycles. The average molecular weight is 213 g/mol. The summed E-state index contributed by atoms with van der Waals surface area (Å²) < 4.78 is 0. The zero-order valence-corrected chi connectivity index (χ0v) is 9.35. The maximum Gasteiger partial charge on any atom is 0.147 e. The predicted octanol–water partition coefficient (Wildman–Crippen LogP) is 2.65. The van der Waals surface area contributed by atoms with Crippen molar-refractivity contribution in [3.05, 3.63) is 54.1 Å². The number of hydrogen-bond donors (Lipinski definition) is 1. The van der Waals surface area contributed by atoms with E-state index in [1.54, 1.807) is 12.4 Å². The smallest absolute Gasteiger partial charge is 0.147 e. The fourth-order valence-corrected chi connectivity index (χ4v) is 1.46. The number of anilines is 1. The van der Waals surface area contributed by atoms with Crippen molar-refractivity contribution in [2.45, 2.75) is 19.9 Å². The lowest BCUT2D eigenvalue weighted by molar-refractivity contribution is 0.948. The second-order valence-corrected chi connectivity index (χ2v) is 3.57. The van der Waals surface area contributed by atoms with Gasteiger partial charge >= 0.3 is 0 Å². The fraction of sp³-hybridized carbons (Fsp3) is 0.231. The van der Waals surface area contributed by atoms with Crippen molar-refractivity contribution in [1.29, 1.82) is 0 Å². The molecule has 0 saturated heterocycles. The first-order chi connectivity index (χ1) is 7.88. The average Bonchev–Trinajstić information content (AvgIpc) is 2.38. The quantitative estimate of drug-likeness (QED) is 0.848. The van der Waals surface area contributed by atoms with Crippen LogP contribution in [0.4, 0.5) is 5.69 Å². The maximum absolute atomic E-state index is 4.15. The Labute approximate surface area is 95.6 Å². The van der Waals surface area contributed by atoms with E-state index in [-0.39, 0.29) is 0 Å². The highest BCUT2D eigenvalue weighted by molar-refractivity contribution is 5.44. The minimum Gasteiger partial charge on any atom is -0.378 e. The molecule has 0 spiro atoms. The van der Waals surface area contributed by atoms with Crippen molar-refractivity contribution in [2.24, 2.45) is 0 Å². The summed E-state index contributed by atoms with van der Waals surface area (Å²) in [6, 6.07) is 10.3. The molecule has 0 fully saturated rings. The van der Waals surface area contributed by atoms with Gasteiger partial charge in [-0.15, -0.1) is 0 Å². The van der Waals surface area contributed by atoms with Gasteiger partial charge < -0.3 is 5.32 Å². The van der Waals surface area contributed by atoms with Gasteiger partial charge in [-0.05, 0) is 30.2 Å². The molecule has 3 nitrogen and oxygen atoms in total. The summed E-state index contributed by atoms with van der Waals surface area (Å²) in [6.07, 6.45) is 4.58. The van der Waals surface area contributed by atoms with Crippen LogP contribution in [0.15, 0.2) is 42.7 Å². The normalized spacial score (nSPS) is 10.1. The van der Waals surface area contributed by atoms with Crippen molar-refractivity contribution in [3.8, 4) is 0 Å². The molecule has 2 aromatic rings. The lowest BCUT2D eigenvalue weighted by Gasteiger charge is -2.05. The van der Waals surface area contributed by atoms with E-state index in [0.717, 1.165) is 17.9 Å². The van der Waals surface area contributed by atoms with Gasteiger partial charge in [-0.1, -0.05) is 19.1 Å². The summed E-state index contributed by atoms with van der Waals surface area (Å²) in [4.78, 5) is 8.31. The molecular formula is C13H15N3. The van der Waals surface area contributed by atoms with Gasteiger partial charge in [-0.3, -0.25) is 0 Å². The van der Waals surface area contributed by atoms with Crippen molar-refractivity contribution in [2.75, 3.05) is 5.32 Å². The van der Waals surface area contributed by atoms with E-state index in [1.807, 2.05) is 6.07 Å². The third-order valence-electron chi connectivity index (χ3n) is 2.43. The first kappa shape index (κ1) is 10.6. The molecule has 2 rings (SSSR count). The van der Waals surface area contributed by atoms with E-state index in [2.05, 4.69) is 46.5 Å². The molecule has 1 heterocycles. The van der Waals surface area contributed by atoms with Gasteiger partial charge in [0.15, 0.2) is 0 Å². The van der Waals surface area contributed by atoms with Crippen LogP contribution < -0.4 is 5.32 Å². The van der Waals surface area contributed by atoms with E-state index in [4.69, 9.17) is 0 Å². The molecule has 3 heteroatoms. The monoisotopic (exact) mass is 213 g/mol. The number of benzene rings is 1. The number of hydrogen-bond acceptors (Lipinski definition) is 3. The summed E-state index contributed by atoms with van der Waals surface area (Å²) in [5.74, 6) is 0.807. The Kier molecular flexibility index (Phi) is 3.49. The molecule has 0 radical (unpaired) electrons. The topological polar surface area (TPSA) is 37.8 Å². The number of rotatable bonds is 4. The van der Waals surface area contributed by atoms with Gasteiger partial charge in [0.05, 0.1) is 6.54 Å². The molecule has 0 bridgehead atoms. The van der Waals surface area contributed by atoms with E-state index in [9.17, 15) is 0 Å². The molecule has 16 heavy (non-hydrogen) atoms. The predicted molar refractivity (Wildman–Crippen MR) is 65.2 cm³/mol. The van der Waals surface area contributed by atoms with Crippen LogP contribution in [0.1, 0.15) is 18.3 Å². The summed E-state index contributed by atoms with van der Waals surface area (Å²) in [5, 5.41) is 3.29. The molecule has 1 aromatic heterocycles. The maximum atomic E-state index is 4.15. The molecule has 0 aliphatic heterocycles. The molecule has 82 valence electrons. The Bertz CT molecular complexity index is 423. The van der Waals surface area contributed by atoms with Gasteiger partial charge in [0.1, 0.15) is 5.82 Å². The molecular weight excluding hydrogens is 198 g/mol. The second kappa shape index (κ2) is 5.26. The molecule has 1 aromatic carbocycles. The van der Waals surface area contributed by atoms with Crippen LogP contribution in [0.25, 0.3) is 0 Å². The third-order valence-corrected chi connectivity index (χ3v) is 2.43. The van der Waals surface area contributed by atoms with Crippen LogP contribution in [-0.4, -0.2) is 9.97 Å². The van der Waals surface area contributed by atoms with Gasteiger partial charge in [-0.25, -0.2) is 9.97 Å². The first-order valence-corrected chi connectivity index (χ1v) is 5.47. The number of nitrogens with one attached hydrogen (secondary N) is 1. The summed E-state index contributed by atoms with van der Waals surface area (Å²) >= 11 is 0. The van der Waals surface area contributed by atoms with E-state index in [1.165, 1.54) is 5.56 Å². The van der Waals surface area contributed by atoms with E-state index >= 15 is 0 Å². The van der Waals surface area contributed by atoms with Gasteiger partial charge in [-0.2, -0.15) is 0 Å². The summed E-state index contributed by atoms with van der Waals surface area (Å²) in [6.45, 7) is 2.81. The van der Waals surface area contributed by atoms with Crippen molar-refractivity contribution in [3.63, 3.8) is 0 Å². The molecule has 0 aliphatic rings. The lowest BCUT2D eigenvalue weighted by atomic mass is 10.1. The summed E-state index contributed by atoms with van der Waals surface area (Å²) in [5.41, 5.74) is 2.45. The number of aromatic nitrogens is 2. The molecule has 0 amide bonds. The van der Waals surface area contributed by atoms with Crippen LogP contribution in [0.2, 0.25) is 0 Å². The third kappa shape index (κ3) is 2.79. The zero-order chi connectivity index (χ0) is 11.2.